The highest BCUT2D eigenvalue weighted by atomic mass is 32.2. The average molecular weight is 343 g/mol. The lowest BCUT2D eigenvalue weighted by atomic mass is 10.2. The number of amides is 1. The molecule has 2 atom stereocenters. The summed E-state index contributed by atoms with van der Waals surface area (Å²) in [6.45, 7) is 5.03. The maximum atomic E-state index is 12.3. The van der Waals surface area contributed by atoms with E-state index in [0.717, 1.165) is 0 Å². The highest BCUT2D eigenvalue weighted by molar-refractivity contribution is 7.87. The molecule has 2 aliphatic rings. The van der Waals surface area contributed by atoms with Gasteiger partial charge in [0.05, 0.1) is 0 Å². The standard InChI is InChI=1S/C12H16F3NO5S/c1-11(2,3)20-10(17)16-5-4-9(7-6-8(7)16)21-22(18,19)12(13,14)15/h4,7-8H,5-6H2,1-3H3/t7-,8-/m0/s1. The van der Waals surface area contributed by atoms with Crippen LogP contribution in [0.25, 0.3) is 0 Å². The number of carbonyl (C=O) groups is 1. The summed E-state index contributed by atoms with van der Waals surface area (Å²) in [4.78, 5) is 13.3. The molecule has 1 fully saturated rings. The van der Waals surface area contributed by atoms with Gasteiger partial charge in [-0.3, -0.25) is 0 Å². The fourth-order valence-corrected chi connectivity index (χ4v) is 2.65. The zero-order valence-electron chi connectivity index (χ0n) is 12.2. The van der Waals surface area contributed by atoms with Gasteiger partial charge in [0, 0.05) is 18.5 Å². The molecule has 0 aromatic rings. The Morgan fingerprint density at radius 1 is 1.32 bits per heavy atom. The zero-order chi connectivity index (χ0) is 16.9. The fourth-order valence-electron chi connectivity index (χ4n) is 2.11. The molecule has 0 unspecified atom stereocenters. The van der Waals surface area contributed by atoms with Gasteiger partial charge in [0.1, 0.15) is 11.4 Å². The lowest BCUT2D eigenvalue weighted by Gasteiger charge is -2.29. The molecule has 2 rings (SSSR count). The first-order chi connectivity index (χ1) is 9.82. The monoisotopic (exact) mass is 343 g/mol. The fraction of sp³-hybridized carbons (Fsp3) is 0.750. The Balaban J connectivity index is 2.06. The predicted octanol–water partition coefficient (Wildman–Crippen LogP) is 2.38. The van der Waals surface area contributed by atoms with Gasteiger partial charge in [0.2, 0.25) is 0 Å². The van der Waals surface area contributed by atoms with E-state index in [1.165, 1.54) is 11.0 Å². The number of ether oxygens (including phenoxy) is 1. The molecule has 0 N–H and O–H groups in total. The number of halogens is 3. The summed E-state index contributed by atoms with van der Waals surface area (Å²) in [7, 11) is -5.67. The van der Waals surface area contributed by atoms with E-state index >= 15 is 0 Å². The number of hydrogen-bond acceptors (Lipinski definition) is 5. The van der Waals surface area contributed by atoms with E-state index in [4.69, 9.17) is 4.74 Å². The molecule has 0 bridgehead atoms. The van der Waals surface area contributed by atoms with Crippen molar-refractivity contribution in [3.05, 3.63) is 11.8 Å². The molecule has 6 nitrogen and oxygen atoms in total. The minimum absolute atomic E-state index is 0.0568. The van der Waals surface area contributed by atoms with Gasteiger partial charge in [-0.1, -0.05) is 0 Å². The van der Waals surface area contributed by atoms with E-state index in [1.807, 2.05) is 0 Å². The number of rotatable bonds is 2. The van der Waals surface area contributed by atoms with Crippen LogP contribution < -0.4 is 0 Å². The van der Waals surface area contributed by atoms with Gasteiger partial charge in [-0.05, 0) is 33.3 Å². The summed E-state index contributed by atoms with van der Waals surface area (Å²) >= 11 is 0. The van der Waals surface area contributed by atoms with Crippen molar-refractivity contribution in [3.8, 4) is 0 Å². The smallest absolute Gasteiger partial charge is 0.444 e. The van der Waals surface area contributed by atoms with Crippen molar-refractivity contribution in [3.63, 3.8) is 0 Å². The molecule has 0 spiro atoms. The third kappa shape index (κ3) is 3.47. The van der Waals surface area contributed by atoms with Gasteiger partial charge >= 0.3 is 21.7 Å². The largest absolute Gasteiger partial charge is 0.534 e. The molecule has 0 saturated heterocycles. The second-order valence-electron chi connectivity index (χ2n) is 6.13. The summed E-state index contributed by atoms with van der Waals surface area (Å²) < 4.78 is 68.2. The Labute approximate surface area is 126 Å². The molecule has 1 aliphatic heterocycles. The summed E-state index contributed by atoms with van der Waals surface area (Å²) in [6.07, 6.45) is 0.925. The maximum Gasteiger partial charge on any atom is 0.534 e. The van der Waals surface area contributed by atoms with Crippen LogP contribution in [0.15, 0.2) is 11.8 Å². The van der Waals surface area contributed by atoms with Crippen molar-refractivity contribution in [1.82, 2.24) is 4.90 Å². The number of hydrogen-bond donors (Lipinski definition) is 0. The molecule has 1 heterocycles. The first-order valence-electron chi connectivity index (χ1n) is 6.52. The van der Waals surface area contributed by atoms with Crippen LogP contribution in [-0.4, -0.2) is 43.1 Å². The second kappa shape index (κ2) is 5.04. The van der Waals surface area contributed by atoms with Crippen LogP contribution in [0.3, 0.4) is 0 Å². The molecule has 1 amide bonds. The quantitative estimate of drug-likeness (QED) is 0.568. The van der Waals surface area contributed by atoms with Gasteiger partial charge < -0.3 is 13.8 Å². The van der Waals surface area contributed by atoms with E-state index in [1.54, 1.807) is 20.8 Å². The van der Waals surface area contributed by atoms with E-state index in [9.17, 15) is 26.4 Å². The van der Waals surface area contributed by atoms with Crippen LogP contribution in [0.2, 0.25) is 0 Å². The third-order valence-corrected chi connectivity index (χ3v) is 4.11. The molecule has 1 aliphatic carbocycles. The van der Waals surface area contributed by atoms with Crippen LogP contribution in [0.1, 0.15) is 27.2 Å². The topological polar surface area (TPSA) is 72.9 Å². The first kappa shape index (κ1) is 16.9. The molecule has 0 aromatic carbocycles. The Morgan fingerprint density at radius 2 is 1.91 bits per heavy atom. The van der Waals surface area contributed by atoms with Crippen molar-refractivity contribution >= 4 is 16.2 Å². The Morgan fingerprint density at radius 3 is 2.41 bits per heavy atom. The van der Waals surface area contributed by atoms with E-state index < -0.39 is 39.3 Å². The minimum Gasteiger partial charge on any atom is -0.444 e. The van der Waals surface area contributed by atoms with Crippen molar-refractivity contribution in [2.24, 2.45) is 5.92 Å². The predicted molar refractivity (Wildman–Crippen MR) is 69.0 cm³/mol. The summed E-state index contributed by atoms with van der Waals surface area (Å²) in [5, 5.41) is 0. The Hall–Kier alpha value is -1.45. The van der Waals surface area contributed by atoms with Gasteiger partial charge in [-0.2, -0.15) is 21.6 Å². The van der Waals surface area contributed by atoms with Crippen LogP contribution in [-0.2, 0) is 19.0 Å². The van der Waals surface area contributed by atoms with Crippen molar-refractivity contribution < 1.29 is 35.3 Å². The van der Waals surface area contributed by atoms with Crippen LogP contribution in [0.5, 0.6) is 0 Å². The number of alkyl halides is 3. The molecule has 10 heteroatoms. The Kier molecular flexibility index (Phi) is 3.87. The highest BCUT2D eigenvalue weighted by Gasteiger charge is 2.55. The van der Waals surface area contributed by atoms with E-state index in [2.05, 4.69) is 4.18 Å². The zero-order valence-corrected chi connectivity index (χ0v) is 13.0. The van der Waals surface area contributed by atoms with Gasteiger partial charge in [-0.25, -0.2) is 4.79 Å². The molecule has 0 aromatic heterocycles. The van der Waals surface area contributed by atoms with Crippen molar-refractivity contribution in [1.29, 1.82) is 0 Å². The lowest BCUT2D eigenvalue weighted by molar-refractivity contribution is -0.0526. The van der Waals surface area contributed by atoms with Crippen LogP contribution >= 0.6 is 0 Å². The summed E-state index contributed by atoms with van der Waals surface area (Å²) in [5.74, 6) is -0.805. The molecule has 22 heavy (non-hydrogen) atoms. The maximum absolute atomic E-state index is 12.3. The highest BCUT2D eigenvalue weighted by Crippen LogP contribution is 2.46. The normalized spacial score (nSPS) is 25.2. The van der Waals surface area contributed by atoms with Gasteiger partial charge in [0.25, 0.3) is 0 Å². The van der Waals surface area contributed by atoms with Gasteiger partial charge in [-0.15, -0.1) is 0 Å². The molecular formula is C12H16F3NO5S. The summed E-state index contributed by atoms with van der Waals surface area (Å²) in [5.41, 5.74) is -6.16. The molecule has 0 radical (unpaired) electrons. The Bertz CT molecular complexity index is 605. The minimum atomic E-state index is -5.67. The van der Waals surface area contributed by atoms with Crippen LogP contribution in [0.4, 0.5) is 18.0 Å². The van der Waals surface area contributed by atoms with Crippen molar-refractivity contribution in [2.75, 3.05) is 6.54 Å². The van der Waals surface area contributed by atoms with Crippen molar-refractivity contribution in [2.45, 2.75) is 44.3 Å². The SMILES string of the molecule is CC(C)(C)OC(=O)N1CC=C(OS(=O)(=O)C(F)(F)F)[C@H]2C[C@@H]21. The molecule has 126 valence electrons. The average Bonchev–Trinajstić information content (AvgIpc) is 3.04. The van der Waals surface area contributed by atoms with Crippen LogP contribution in [0, 0.1) is 5.92 Å². The number of nitrogens with zero attached hydrogens (tertiary/aromatic N) is 1. The summed E-state index contributed by atoms with van der Waals surface area (Å²) in [6, 6.07) is -0.390. The number of fused-ring (bicyclic) bond motifs is 1. The van der Waals surface area contributed by atoms with E-state index in [0.29, 0.717) is 6.42 Å². The molecular weight excluding hydrogens is 327 g/mol. The van der Waals surface area contributed by atoms with Gasteiger partial charge in [0.15, 0.2) is 0 Å². The van der Waals surface area contributed by atoms with E-state index in [-0.39, 0.29) is 12.3 Å². The first-order valence-corrected chi connectivity index (χ1v) is 7.93. The third-order valence-electron chi connectivity index (χ3n) is 3.13. The number of carbonyl (C=O) groups excluding carboxylic acids is 1. The second-order valence-corrected chi connectivity index (χ2v) is 7.67. The lowest BCUT2D eigenvalue weighted by Crippen LogP contribution is -2.41. The molecule has 1 saturated carbocycles.